The topological polar surface area (TPSA) is 31.4 Å². The van der Waals surface area contributed by atoms with Gasteiger partial charge in [-0.2, -0.15) is 0 Å². The molecule has 1 aliphatic heterocycles. The summed E-state index contributed by atoms with van der Waals surface area (Å²) in [6.45, 7) is 10.3. The summed E-state index contributed by atoms with van der Waals surface area (Å²) in [5.41, 5.74) is 3.66. The van der Waals surface area contributed by atoms with E-state index in [4.69, 9.17) is 9.31 Å². The third kappa shape index (κ3) is 2.69. The molecule has 1 aliphatic rings. The van der Waals surface area contributed by atoms with Crippen LogP contribution in [-0.4, -0.2) is 23.3 Å². The number of hydrogen-bond donors (Lipinski definition) is 0. The number of aromatic nitrogens is 1. The molecule has 0 spiro atoms. The van der Waals surface area contributed by atoms with Crippen molar-refractivity contribution < 1.29 is 9.31 Å². The molecule has 0 atom stereocenters. The smallest absolute Gasteiger partial charge is 0.398 e. The van der Waals surface area contributed by atoms with Gasteiger partial charge < -0.3 is 9.31 Å². The molecule has 1 aromatic heterocycles. The second kappa shape index (κ2) is 5.22. The zero-order valence-electron chi connectivity index (χ0n) is 13.9. The van der Waals surface area contributed by atoms with Crippen molar-refractivity contribution in [1.29, 1.82) is 0 Å². The van der Waals surface area contributed by atoms with E-state index >= 15 is 0 Å². The third-order valence-corrected chi connectivity index (χ3v) is 4.63. The van der Waals surface area contributed by atoms with Gasteiger partial charge in [0.15, 0.2) is 0 Å². The van der Waals surface area contributed by atoms with Gasteiger partial charge in [0.05, 0.1) is 16.8 Å². The highest BCUT2D eigenvalue weighted by atomic mass is 16.7. The molecule has 0 amide bonds. The molecule has 0 unspecified atom stereocenters. The van der Waals surface area contributed by atoms with E-state index in [1.54, 1.807) is 0 Å². The van der Waals surface area contributed by atoms with Crippen LogP contribution in [0.3, 0.4) is 0 Å². The van der Waals surface area contributed by atoms with Gasteiger partial charge in [-0.1, -0.05) is 35.9 Å². The molecule has 3 rings (SSSR count). The molecule has 0 bridgehead atoms. The number of rotatable bonds is 2. The van der Waals surface area contributed by atoms with Gasteiger partial charge in [-0.3, -0.25) is 4.98 Å². The average Bonchev–Trinajstić information content (AvgIpc) is 2.68. The van der Waals surface area contributed by atoms with Crippen molar-refractivity contribution >= 4 is 12.7 Å². The molecule has 4 heteroatoms. The maximum atomic E-state index is 6.03. The van der Waals surface area contributed by atoms with E-state index in [9.17, 15) is 0 Å². The van der Waals surface area contributed by atoms with Crippen LogP contribution in [0.2, 0.25) is 0 Å². The van der Waals surface area contributed by atoms with Crippen molar-refractivity contribution in [2.24, 2.45) is 0 Å². The summed E-state index contributed by atoms with van der Waals surface area (Å²) in [6, 6.07) is 12.5. The molecular formula is C18H22BNO2. The van der Waals surface area contributed by atoms with Gasteiger partial charge >= 0.3 is 7.12 Å². The molecule has 3 nitrogen and oxygen atoms in total. The maximum absolute atomic E-state index is 6.03. The molecular weight excluding hydrogens is 273 g/mol. The number of hydrogen-bond acceptors (Lipinski definition) is 3. The summed E-state index contributed by atoms with van der Waals surface area (Å²) >= 11 is 0. The number of nitrogens with zero attached hydrogens (tertiary/aromatic N) is 1. The lowest BCUT2D eigenvalue weighted by atomic mass is 9.84. The molecule has 0 saturated carbocycles. The van der Waals surface area contributed by atoms with Crippen molar-refractivity contribution in [2.45, 2.75) is 45.8 Å². The number of pyridine rings is 1. The Morgan fingerprint density at radius 1 is 0.909 bits per heavy atom. The summed E-state index contributed by atoms with van der Waals surface area (Å²) in [5.74, 6) is 0. The van der Waals surface area contributed by atoms with Crippen LogP contribution in [0.5, 0.6) is 0 Å². The van der Waals surface area contributed by atoms with E-state index in [1.807, 2.05) is 40.0 Å². The summed E-state index contributed by atoms with van der Waals surface area (Å²) < 4.78 is 12.1. The molecule has 0 aliphatic carbocycles. The van der Waals surface area contributed by atoms with Crippen molar-refractivity contribution in [3.05, 3.63) is 48.2 Å². The van der Waals surface area contributed by atoms with Crippen LogP contribution in [0, 0.1) is 6.92 Å². The normalized spacial score (nSPS) is 19.4. The number of aryl methyl sites for hydroxylation is 1. The van der Waals surface area contributed by atoms with Crippen LogP contribution in [-0.2, 0) is 9.31 Å². The molecule has 1 saturated heterocycles. The largest absolute Gasteiger partial charge is 0.514 e. The molecule has 1 aromatic carbocycles. The van der Waals surface area contributed by atoms with Crippen molar-refractivity contribution in [3.8, 4) is 11.1 Å². The molecule has 0 radical (unpaired) electrons. The van der Waals surface area contributed by atoms with Crippen LogP contribution in [0.4, 0.5) is 0 Å². The Bertz CT molecular complexity index is 664. The molecule has 2 heterocycles. The van der Waals surface area contributed by atoms with Crippen LogP contribution >= 0.6 is 0 Å². The van der Waals surface area contributed by atoms with Gasteiger partial charge in [-0.05, 0) is 51.8 Å². The molecule has 0 N–H and O–H groups in total. The highest BCUT2D eigenvalue weighted by molar-refractivity contribution is 6.61. The minimum atomic E-state index is -0.406. The highest BCUT2D eigenvalue weighted by Gasteiger charge is 2.52. The Kier molecular flexibility index (Phi) is 3.62. The third-order valence-electron chi connectivity index (χ3n) is 4.63. The summed E-state index contributed by atoms with van der Waals surface area (Å²) in [4.78, 5) is 4.55. The Labute approximate surface area is 132 Å². The zero-order valence-corrected chi connectivity index (χ0v) is 13.9. The number of benzene rings is 1. The highest BCUT2D eigenvalue weighted by Crippen LogP contribution is 2.36. The Morgan fingerprint density at radius 3 is 2.14 bits per heavy atom. The summed E-state index contributed by atoms with van der Waals surface area (Å²) in [5, 5.41) is 0. The van der Waals surface area contributed by atoms with Gasteiger partial charge in [-0.15, -0.1) is 0 Å². The average molecular weight is 295 g/mol. The lowest BCUT2D eigenvalue weighted by Crippen LogP contribution is -2.41. The van der Waals surface area contributed by atoms with E-state index in [0.29, 0.717) is 0 Å². The van der Waals surface area contributed by atoms with E-state index in [0.717, 1.165) is 11.2 Å². The lowest BCUT2D eigenvalue weighted by Gasteiger charge is -2.32. The summed E-state index contributed by atoms with van der Waals surface area (Å²) in [6.07, 6.45) is 1.88. The minimum Gasteiger partial charge on any atom is -0.398 e. The first-order chi connectivity index (χ1) is 10.3. The van der Waals surface area contributed by atoms with Crippen LogP contribution in [0.1, 0.15) is 33.3 Å². The van der Waals surface area contributed by atoms with E-state index in [1.165, 1.54) is 11.1 Å². The van der Waals surface area contributed by atoms with Gasteiger partial charge in [0.25, 0.3) is 0 Å². The van der Waals surface area contributed by atoms with E-state index < -0.39 is 7.12 Å². The van der Waals surface area contributed by atoms with E-state index in [-0.39, 0.29) is 11.2 Å². The second-order valence-corrected chi connectivity index (χ2v) is 6.93. The monoisotopic (exact) mass is 295 g/mol. The zero-order chi connectivity index (χ0) is 16.0. The van der Waals surface area contributed by atoms with Crippen molar-refractivity contribution in [1.82, 2.24) is 4.98 Å². The predicted octanol–water partition coefficient (Wildman–Crippen LogP) is 3.36. The van der Waals surface area contributed by atoms with Gasteiger partial charge in [0.2, 0.25) is 0 Å². The lowest BCUT2D eigenvalue weighted by molar-refractivity contribution is 0.00578. The molecule has 1 fully saturated rings. The Hall–Kier alpha value is -1.65. The fourth-order valence-electron chi connectivity index (χ4n) is 2.50. The van der Waals surface area contributed by atoms with E-state index in [2.05, 4.69) is 42.2 Å². The fourth-order valence-corrected chi connectivity index (χ4v) is 2.50. The van der Waals surface area contributed by atoms with Crippen molar-refractivity contribution in [3.63, 3.8) is 0 Å². The molecule has 114 valence electrons. The standard InChI is InChI=1S/C18H22BNO2/c1-13-7-6-8-14(11-13)15-9-10-16(20-12-15)19-21-17(2,3)18(4,5)22-19/h6-12H,1-5H3. The predicted molar refractivity (Wildman–Crippen MR) is 90.1 cm³/mol. The van der Waals surface area contributed by atoms with Crippen LogP contribution in [0.25, 0.3) is 11.1 Å². The van der Waals surface area contributed by atoms with Crippen LogP contribution < -0.4 is 5.59 Å². The van der Waals surface area contributed by atoms with Crippen molar-refractivity contribution in [2.75, 3.05) is 0 Å². The Balaban J connectivity index is 1.84. The Morgan fingerprint density at radius 2 is 1.59 bits per heavy atom. The first-order valence-corrected chi connectivity index (χ1v) is 7.67. The quantitative estimate of drug-likeness (QED) is 0.796. The first-order valence-electron chi connectivity index (χ1n) is 7.67. The fraction of sp³-hybridized carbons (Fsp3) is 0.389. The van der Waals surface area contributed by atoms with Gasteiger partial charge in [0, 0.05) is 6.20 Å². The second-order valence-electron chi connectivity index (χ2n) is 6.93. The minimum absolute atomic E-state index is 0.339. The van der Waals surface area contributed by atoms with Gasteiger partial charge in [0.1, 0.15) is 0 Å². The van der Waals surface area contributed by atoms with Crippen LogP contribution in [0.15, 0.2) is 42.6 Å². The first kappa shape index (κ1) is 15.3. The maximum Gasteiger partial charge on any atom is 0.514 e. The van der Waals surface area contributed by atoms with Gasteiger partial charge in [-0.25, -0.2) is 0 Å². The molecule has 2 aromatic rings. The summed E-state index contributed by atoms with van der Waals surface area (Å²) in [7, 11) is -0.406. The molecule has 22 heavy (non-hydrogen) atoms. The SMILES string of the molecule is Cc1cccc(-c2ccc(B3OC(C)(C)C(C)(C)O3)nc2)c1.